The van der Waals surface area contributed by atoms with Crippen molar-refractivity contribution in [1.29, 1.82) is 0 Å². The summed E-state index contributed by atoms with van der Waals surface area (Å²) in [6.07, 6.45) is 6.15. The van der Waals surface area contributed by atoms with E-state index in [4.69, 9.17) is 19.4 Å². The van der Waals surface area contributed by atoms with Gasteiger partial charge in [0.1, 0.15) is 5.65 Å². The van der Waals surface area contributed by atoms with E-state index in [1.54, 1.807) is 13.1 Å². The summed E-state index contributed by atoms with van der Waals surface area (Å²) >= 11 is 0. The van der Waals surface area contributed by atoms with Crippen LogP contribution in [0.15, 0.2) is 54.9 Å². The molecule has 8 rings (SSSR count). The smallest absolute Gasteiger partial charge is 0.337 e. The van der Waals surface area contributed by atoms with Crippen molar-refractivity contribution >= 4 is 27.9 Å². The average molecular weight is 674 g/mol. The van der Waals surface area contributed by atoms with Crippen molar-refractivity contribution in [2.75, 3.05) is 6.61 Å². The van der Waals surface area contributed by atoms with Crippen LogP contribution in [0.25, 0.3) is 55.6 Å². The average Bonchev–Trinajstić information content (AvgIpc) is 3.76. The molecule has 2 aromatic carbocycles. The lowest BCUT2D eigenvalue weighted by atomic mass is 9.86. The minimum Gasteiger partial charge on any atom is -0.490 e. The fraction of sp³-hybridized carbons (Fsp3) is 0.350. The lowest BCUT2D eigenvalue weighted by Crippen LogP contribution is -2.28. The highest BCUT2D eigenvalue weighted by Crippen LogP contribution is 2.46. The van der Waals surface area contributed by atoms with Gasteiger partial charge >= 0.3 is 5.97 Å². The predicted molar refractivity (Wildman–Crippen MR) is 191 cm³/mol. The van der Waals surface area contributed by atoms with E-state index in [0.717, 1.165) is 51.0 Å². The summed E-state index contributed by atoms with van der Waals surface area (Å²) in [5, 5.41) is 17.0. The molecule has 0 spiro atoms. The van der Waals surface area contributed by atoms with Gasteiger partial charge in [-0.1, -0.05) is 6.07 Å². The molecule has 0 bridgehead atoms. The van der Waals surface area contributed by atoms with Crippen LogP contribution in [0.4, 0.5) is 4.39 Å². The first-order valence-electron chi connectivity index (χ1n) is 17.2. The van der Waals surface area contributed by atoms with Gasteiger partial charge in [0, 0.05) is 57.5 Å². The zero-order chi connectivity index (χ0) is 35.1. The van der Waals surface area contributed by atoms with E-state index in [9.17, 15) is 9.90 Å². The van der Waals surface area contributed by atoms with Crippen LogP contribution in [0.3, 0.4) is 0 Å². The van der Waals surface area contributed by atoms with E-state index in [1.807, 2.05) is 57.6 Å². The molecule has 0 radical (unpaired) electrons. The number of aryl methyl sites for hydroxylation is 2. The summed E-state index contributed by atoms with van der Waals surface area (Å²) in [7, 11) is 1.94. The highest BCUT2D eigenvalue weighted by molar-refractivity contribution is 6.01. The number of fused-ring (bicyclic) bond motifs is 3. The van der Waals surface area contributed by atoms with Crippen molar-refractivity contribution in [3.8, 4) is 39.4 Å². The van der Waals surface area contributed by atoms with Crippen molar-refractivity contribution in [3.63, 3.8) is 0 Å². The van der Waals surface area contributed by atoms with E-state index in [-0.39, 0.29) is 5.75 Å². The Morgan fingerprint density at radius 2 is 1.90 bits per heavy atom. The fourth-order valence-electron chi connectivity index (χ4n) is 7.42. The Bertz CT molecular complexity index is 2350. The quantitative estimate of drug-likeness (QED) is 0.181. The number of hydrogen-bond acceptors (Lipinski definition) is 6. The third-order valence-electron chi connectivity index (χ3n) is 9.91. The van der Waals surface area contributed by atoms with E-state index in [1.165, 1.54) is 18.9 Å². The van der Waals surface area contributed by atoms with Crippen LogP contribution in [-0.2, 0) is 23.0 Å². The SMILES string of the molecule is Cc1nc2c(cc(-c3ccnc(-c4ccc5c(cnn5C5CC5)c4)c3)n2C)c(-c2cc(F)c3c(c2C)CCCO3)c1[C@H](OC(C)(C)C)C(=O)O. The second-order valence-corrected chi connectivity index (χ2v) is 14.6. The van der Waals surface area contributed by atoms with Gasteiger partial charge in [0.2, 0.25) is 0 Å². The van der Waals surface area contributed by atoms with Crippen molar-refractivity contribution in [2.45, 2.75) is 78.0 Å². The normalized spacial score (nSPS) is 15.3. The number of aliphatic carboxylic acids is 1. The lowest BCUT2D eigenvalue weighted by Gasteiger charge is -2.29. The molecular formula is C40H40FN5O4. The minimum absolute atomic E-state index is 0.276. The van der Waals surface area contributed by atoms with Crippen LogP contribution in [-0.4, -0.2) is 47.6 Å². The molecule has 256 valence electrons. The second kappa shape index (κ2) is 11.8. The Hall–Kier alpha value is -5.09. The molecule has 1 aliphatic carbocycles. The molecule has 0 amide bonds. The number of halogens is 1. The van der Waals surface area contributed by atoms with Crippen LogP contribution in [0.1, 0.15) is 74.6 Å². The predicted octanol–water partition coefficient (Wildman–Crippen LogP) is 8.68. The molecule has 4 aromatic heterocycles. The summed E-state index contributed by atoms with van der Waals surface area (Å²) in [6.45, 7) is 9.68. The number of carbonyl (C=O) groups is 1. The van der Waals surface area contributed by atoms with E-state index < -0.39 is 23.5 Å². The summed E-state index contributed by atoms with van der Waals surface area (Å²) in [4.78, 5) is 22.7. The molecule has 2 aliphatic rings. The molecule has 0 saturated heterocycles. The fourth-order valence-corrected chi connectivity index (χ4v) is 7.42. The number of carboxylic acids is 1. The van der Waals surface area contributed by atoms with Gasteiger partial charge < -0.3 is 19.1 Å². The number of hydrogen-bond donors (Lipinski definition) is 1. The Balaban J connectivity index is 1.33. The first-order chi connectivity index (χ1) is 23.9. The number of benzene rings is 2. The van der Waals surface area contributed by atoms with Gasteiger partial charge in [-0.3, -0.25) is 9.67 Å². The van der Waals surface area contributed by atoms with Crippen molar-refractivity contribution in [3.05, 3.63) is 83.1 Å². The van der Waals surface area contributed by atoms with Gasteiger partial charge in [-0.25, -0.2) is 14.2 Å². The number of aromatic nitrogens is 5. The third kappa shape index (κ3) is 5.42. The van der Waals surface area contributed by atoms with Crippen LogP contribution in [0.2, 0.25) is 0 Å². The maximum atomic E-state index is 15.9. The van der Waals surface area contributed by atoms with Gasteiger partial charge in [-0.05, 0) is 108 Å². The highest BCUT2D eigenvalue weighted by atomic mass is 19.1. The molecule has 50 heavy (non-hydrogen) atoms. The molecule has 1 fully saturated rings. The molecule has 1 N–H and O–H groups in total. The van der Waals surface area contributed by atoms with E-state index >= 15 is 4.39 Å². The van der Waals surface area contributed by atoms with Gasteiger partial charge in [0.25, 0.3) is 0 Å². The molecule has 1 aliphatic heterocycles. The number of rotatable bonds is 7. The van der Waals surface area contributed by atoms with Crippen molar-refractivity contribution in [1.82, 2.24) is 24.3 Å². The topological polar surface area (TPSA) is 104 Å². The van der Waals surface area contributed by atoms with Crippen molar-refractivity contribution < 1.29 is 23.8 Å². The largest absolute Gasteiger partial charge is 0.490 e. The second-order valence-electron chi connectivity index (χ2n) is 14.6. The van der Waals surface area contributed by atoms with Crippen LogP contribution in [0.5, 0.6) is 5.75 Å². The maximum absolute atomic E-state index is 15.9. The zero-order valence-corrected chi connectivity index (χ0v) is 29.2. The Morgan fingerprint density at radius 3 is 2.64 bits per heavy atom. The van der Waals surface area contributed by atoms with Crippen molar-refractivity contribution in [2.24, 2.45) is 7.05 Å². The molecule has 0 unspecified atom stereocenters. The van der Waals surface area contributed by atoms with E-state index in [0.29, 0.717) is 52.5 Å². The number of ether oxygens (including phenoxy) is 2. The van der Waals surface area contributed by atoms with Crippen LogP contribution in [0, 0.1) is 19.7 Å². The highest BCUT2D eigenvalue weighted by Gasteiger charge is 2.34. The summed E-state index contributed by atoms with van der Waals surface area (Å²) in [5.74, 6) is -1.33. The molecule has 10 heteroatoms. The first kappa shape index (κ1) is 32.1. The Labute approximate surface area is 289 Å². The molecule has 1 saturated carbocycles. The Kier molecular flexibility index (Phi) is 7.56. The molecule has 6 aromatic rings. The van der Waals surface area contributed by atoms with Crippen LogP contribution < -0.4 is 4.74 Å². The maximum Gasteiger partial charge on any atom is 0.337 e. The monoisotopic (exact) mass is 673 g/mol. The molecule has 5 heterocycles. The molecular weight excluding hydrogens is 633 g/mol. The van der Waals surface area contributed by atoms with Crippen LogP contribution >= 0.6 is 0 Å². The zero-order valence-electron chi connectivity index (χ0n) is 29.2. The summed E-state index contributed by atoms with van der Waals surface area (Å²) in [5.41, 5.74) is 8.34. The molecule has 9 nitrogen and oxygen atoms in total. The first-order valence-corrected chi connectivity index (χ1v) is 17.2. The standard InChI is InChI=1S/C40H40FN5O4/c1-21-27-8-7-15-49-36(27)30(41)18-28(21)35-29-19-33(45(6)38(29)44-22(2)34(35)37(39(47)48)50-40(3,4)5)24-13-14-42-31(17-24)23-9-12-32-25(16-23)20-43-46(32)26-10-11-26/h9,12-14,16-20,26,37H,7-8,10-11,15H2,1-6H3,(H,47,48)/t37-/m0/s1. The van der Waals surface area contributed by atoms with Gasteiger partial charge in [0.05, 0.1) is 41.4 Å². The lowest BCUT2D eigenvalue weighted by molar-refractivity contribution is -0.160. The summed E-state index contributed by atoms with van der Waals surface area (Å²) < 4.78 is 32.0. The summed E-state index contributed by atoms with van der Waals surface area (Å²) in [6, 6.07) is 14.3. The Morgan fingerprint density at radius 1 is 1.10 bits per heavy atom. The third-order valence-corrected chi connectivity index (χ3v) is 9.91. The number of carboxylic acid groups (broad SMARTS) is 1. The molecule has 1 atom stereocenters. The van der Waals surface area contributed by atoms with Gasteiger partial charge in [-0.2, -0.15) is 5.10 Å². The minimum atomic E-state index is -1.34. The van der Waals surface area contributed by atoms with E-state index in [2.05, 4.69) is 34.0 Å². The number of pyridine rings is 2. The number of nitrogens with zero attached hydrogens (tertiary/aromatic N) is 5. The van der Waals surface area contributed by atoms with Gasteiger partial charge in [0.15, 0.2) is 17.7 Å². The van der Waals surface area contributed by atoms with Gasteiger partial charge in [-0.15, -0.1) is 0 Å².